The Morgan fingerprint density at radius 3 is 2.69 bits per heavy atom. The first-order chi connectivity index (χ1) is 13.9. The maximum Gasteiger partial charge on any atom is 0.262 e. The summed E-state index contributed by atoms with van der Waals surface area (Å²) in [6, 6.07) is 13.0. The lowest BCUT2D eigenvalue weighted by Crippen LogP contribution is -2.36. The van der Waals surface area contributed by atoms with E-state index in [4.69, 9.17) is 11.6 Å². The average Bonchev–Trinajstić information content (AvgIpc) is 3.11. The van der Waals surface area contributed by atoms with Crippen LogP contribution in [0.25, 0.3) is 10.9 Å². The van der Waals surface area contributed by atoms with Crippen LogP contribution in [0.4, 0.5) is 5.69 Å². The maximum absolute atomic E-state index is 13.2. The summed E-state index contributed by atoms with van der Waals surface area (Å²) < 4.78 is 1.66. The zero-order chi connectivity index (χ0) is 20.7. The Kier molecular flexibility index (Phi) is 5.40. The van der Waals surface area contributed by atoms with Crippen molar-refractivity contribution in [1.29, 1.82) is 0 Å². The molecule has 0 spiro atoms. The molecule has 1 aliphatic heterocycles. The Balaban J connectivity index is 1.69. The van der Waals surface area contributed by atoms with Crippen LogP contribution in [0.2, 0.25) is 5.02 Å². The van der Waals surface area contributed by atoms with Gasteiger partial charge in [-0.3, -0.25) is 14.2 Å². The summed E-state index contributed by atoms with van der Waals surface area (Å²) in [4.78, 5) is 32.7. The third-order valence-electron chi connectivity index (χ3n) is 5.13. The SMILES string of the molecule is CC(C)n1c(S[C@@H](C)C(=O)N2CCc3ccccc32)nc2cc(Cl)ccc2c1=O. The van der Waals surface area contributed by atoms with Gasteiger partial charge in [0.05, 0.1) is 16.2 Å². The Morgan fingerprint density at radius 2 is 1.93 bits per heavy atom. The highest BCUT2D eigenvalue weighted by Crippen LogP contribution is 2.32. The Morgan fingerprint density at radius 1 is 1.17 bits per heavy atom. The van der Waals surface area contributed by atoms with Gasteiger partial charge in [-0.15, -0.1) is 0 Å². The van der Waals surface area contributed by atoms with E-state index in [1.807, 2.05) is 43.9 Å². The second-order valence-electron chi connectivity index (χ2n) is 7.45. The van der Waals surface area contributed by atoms with Gasteiger partial charge in [0.15, 0.2) is 5.16 Å². The molecule has 29 heavy (non-hydrogen) atoms. The summed E-state index contributed by atoms with van der Waals surface area (Å²) in [5.41, 5.74) is 2.60. The maximum atomic E-state index is 13.2. The average molecular weight is 428 g/mol. The standard InChI is InChI=1S/C22H22ClN3O2S/c1-13(2)26-21(28)17-9-8-16(23)12-18(17)24-22(26)29-14(3)20(27)25-11-10-15-6-4-5-7-19(15)25/h4-9,12-14H,10-11H2,1-3H3/t14-/m0/s1. The Labute approximate surface area is 178 Å². The minimum absolute atomic E-state index is 0.0238. The molecule has 1 atom stereocenters. The Bertz CT molecular complexity index is 1160. The fraction of sp³-hybridized carbons (Fsp3) is 0.318. The van der Waals surface area contributed by atoms with E-state index in [0.717, 1.165) is 12.1 Å². The zero-order valence-electron chi connectivity index (χ0n) is 16.6. The van der Waals surface area contributed by atoms with Crippen molar-refractivity contribution in [3.05, 3.63) is 63.4 Å². The molecule has 0 radical (unpaired) electrons. The van der Waals surface area contributed by atoms with E-state index in [1.165, 1.54) is 17.3 Å². The summed E-state index contributed by atoms with van der Waals surface area (Å²) in [5, 5.41) is 1.21. The van der Waals surface area contributed by atoms with Crippen molar-refractivity contribution in [2.45, 2.75) is 43.6 Å². The van der Waals surface area contributed by atoms with Crippen molar-refractivity contribution >= 4 is 45.9 Å². The van der Waals surface area contributed by atoms with Crippen LogP contribution in [0.1, 0.15) is 32.4 Å². The van der Waals surface area contributed by atoms with Crippen LogP contribution in [0, 0.1) is 0 Å². The van der Waals surface area contributed by atoms with Gasteiger partial charge in [-0.25, -0.2) is 4.98 Å². The number of fused-ring (bicyclic) bond motifs is 2. The monoisotopic (exact) mass is 427 g/mol. The molecule has 0 bridgehead atoms. The van der Waals surface area contributed by atoms with Crippen molar-refractivity contribution in [3.8, 4) is 0 Å². The molecule has 0 unspecified atom stereocenters. The molecular weight excluding hydrogens is 406 g/mol. The van der Waals surface area contributed by atoms with E-state index in [1.54, 1.807) is 22.8 Å². The van der Waals surface area contributed by atoms with Gasteiger partial charge in [0.1, 0.15) is 0 Å². The topological polar surface area (TPSA) is 55.2 Å². The number of carbonyl (C=O) groups excluding carboxylic acids is 1. The van der Waals surface area contributed by atoms with Crippen LogP contribution in [0.3, 0.4) is 0 Å². The van der Waals surface area contributed by atoms with Gasteiger partial charge in [0.25, 0.3) is 5.56 Å². The number of aromatic nitrogens is 2. The van der Waals surface area contributed by atoms with E-state index in [2.05, 4.69) is 11.1 Å². The first kappa shape index (κ1) is 20.0. The van der Waals surface area contributed by atoms with Crippen molar-refractivity contribution in [3.63, 3.8) is 0 Å². The van der Waals surface area contributed by atoms with Gasteiger partial charge >= 0.3 is 0 Å². The molecule has 5 nitrogen and oxygen atoms in total. The number of benzene rings is 2. The molecular formula is C22H22ClN3O2S. The van der Waals surface area contributed by atoms with Crippen LogP contribution in [-0.2, 0) is 11.2 Å². The Hall–Kier alpha value is -2.31. The molecule has 4 rings (SSSR count). The number of hydrogen-bond acceptors (Lipinski definition) is 4. The fourth-order valence-electron chi connectivity index (χ4n) is 3.69. The summed E-state index contributed by atoms with van der Waals surface area (Å²) in [5.74, 6) is 0.0238. The summed E-state index contributed by atoms with van der Waals surface area (Å²) in [6.45, 7) is 6.43. The van der Waals surface area contributed by atoms with Gasteiger partial charge in [-0.2, -0.15) is 0 Å². The van der Waals surface area contributed by atoms with Crippen molar-refractivity contribution in [2.24, 2.45) is 0 Å². The van der Waals surface area contributed by atoms with E-state index >= 15 is 0 Å². The van der Waals surface area contributed by atoms with Crippen LogP contribution in [0.5, 0.6) is 0 Å². The number of carbonyl (C=O) groups is 1. The molecule has 0 fully saturated rings. The van der Waals surface area contributed by atoms with Crippen LogP contribution < -0.4 is 10.5 Å². The van der Waals surface area contributed by atoms with E-state index in [-0.39, 0.29) is 22.8 Å². The van der Waals surface area contributed by atoms with Gasteiger partial charge in [0, 0.05) is 23.3 Å². The van der Waals surface area contributed by atoms with Crippen molar-refractivity contribution < 1.29 is 4.79 Å². The first-order valence-corrected chi connectivity index (χ1v) is 10.9. The number of anilines is 1. The molecule has 2 heterocycles. The van der Waals surface area contributed by atoms with Crippen molar-refractivity contribution in [2.75, 3.05) is 11.4 Å². The molecule has 0 aliphatic carbocycles. The lowest BCUT2D eigenvalue weighted by atomic mass is 10.2. The number of rotatable bonds is 4. The third kappa shape index (κ3) is 3.67. The lowest BCUT2D eigenvalue weighted by molar-refractivity contribution is -0.117. The van der Waals surface area contributed by atoms with Crippen molar-refractivity contribution in [1.82, 2.24) is 9.55 Å². The highest BCUT2D eigenvalue weighted by Gasteiger charge is 2.29. The molecule has 0 saturated heterocycles. The normalized spacial score (nSPS) is 14.4. The molecule has 7 heteroatoms. The molecule has 1 amide bonds. The number of nitrogens with zero attached hydrogens (tertiary/aromatic N) is 3. The zero-order valence-corrected chi connectivity index (χ0v) is 18.1. The number of amides is 1. The minimum atomic E-state index is -0.380. The highest BCUT2D eigenvalue weighted by atomic mass is 35.5. The van der Waals surface area contributed by atoms with Gasteiger partial charge < -0.3 is 4.90 Å². The summed E-state index contributed by atoms with van der Waals surface area (Å²) in [6.07, 6.45) is 0.864. The third-order valence-corrected chi connectivity index (χ3v) is 6.42. The minimum Gasteiger partial charge on any atom is -0.311 e. The number of hydrogen-bond donors (Lipinski definition) is 0. The molecule has 0 N–H and O–H groups in total. The molecule has 1 aliphatic rings. The predicted octanol–water partition coefficient (Wildman–Crippen LogP) is 4.70. The molecule has 1 aromatic heterocycles. The smallest absolute Gasteiger partial charge is 0.262 e. The number of thioether (sulfide) groups is 1. The number of halogens is 1. The second kappa shape index (κ2) is 7.84. The van der Waals surface area contributed by atoms with Gasteiger partial charge in [-0.1, -0.05) is 41.6 Å². The molecule has 3 aromatic rings. The van der Waals surface area contributed by atoms with Gasteiger partial charge in [-0.05, 0) is 57.0 Å². The second-order valence-corrected chi connectivity index (χ2v) is 9.20. The molecule has 0 saturated carbocycles. The quantitative estimate of drug-likeness (QED) is 0.447. The van der Waals surface area contributed by atoms with Crippen LogP contribution in [-0.4, -0.2) is 27.3 Å². The molecule has 2 aromatic carbocycles. The number of para-hydroxylation sites is 1. The molecule has 150 valence electrons. The van der Waals surface area contributed by atoms with E-state index in [0.29, 0.717) is 27.6 Å². The van der Waals surface area contributed by atoms with Crippen LogP contribution in [0.15, 0.2) is 52.4 Å². The summed E-state index contributed by atoms with van der Waals surface area (Å²) in [7, 11) is 0. The van der Waals surface area contributed by atoms with Crippen LogP contribution >= 0.6 is 23.4 Å². The lowest BCUT2D eigenvalue weighted by Gasteiger charge is -2.23. The first-order valence-electron chi connectivity index (χ1n) is 9.64. The van der Waals surface area contributed by atoms with Gasteiger partial charge in [0.2, 0.25) is 5.91 Å². The van der Waals surface area contributed by atoms with E-state index < -0.39 is 0 Å². The van der Waals surface area contributed by atoms with E-state index in [9.17, 15) is 9.59 Å². The highest BCUT2D eigenvalue weighted by molar-refractivity contribution is 8.00. The largest absolute Gasteiger partial charge is 0.311 e. The fourth-order valence-corrected chi connectivity index (χ4v) is 4.95. The summed E-state index contributed by atoms with van der Waals surface area (Å²) >= 11 is 7.42. The predicted molar refractivity (Wildman–Crippen MR) is 119 cm³/mol.